The van der Waals surface area contributed by atoms with Gasteiger partial charge in [-0.15, -0.1) is 0 Å². The molecule has 2 rings (SSSR count). The van der Waals surface area contributed by atoms with Gasteiger partial charge in [-0.3, -0.25) is 0 Å². The lowest BCUT2D eigenvalue weighted by Gasteiger charge is -2.15. The predicted molar refractivity (Wildman–Crippen MR) is 65.3 cm³/mol. The van der Waals surface area contributed by atoms with Gasteiger partial charge in [0.2, 0.25) is 0 Å². The van der Waals surface area contributed by atoms with Crippen molar-refractivity contribution in [3.63, 3.8) is 0 Å². The summed E-state index contributed by atoms with van der Waals surface area (Å²) >= 11 is 0. The molecule has 1 aromatic heterocycles. The summed E-state index contributed by atoms with van der Waals surface area (Å²) in [7, 11) is 1.92. The number of hydrogen-bond acceptors (Lipinski definition) is 2. The zero-order valence-corrected chi connectivity index (χ0v) is 10.0. The second-order valence-electron chi connectivity index (χ2n) is 4.10. The van der Waals surface area contributed by atoms with Gasteiger partial charge in [0.25, 0.3) is 0 Å². The first-order valence-electron chi connectivity index (χ1n) is 5.66. The van der Waals surface area contributed by atoms with Gasteiger partial charge in [-0.25, -0.2) is 4.39 Å². The molecule has 0 aliphatic heterocycles. The zero-order valence-electron chi connectivity index (χ0n) is 10.0. The van der Waals surface area contributed by atoms with Crippen molar-refractivity contribution in [2.45, 2.75) is 19.4 Å². The molecule has 0 saturated carbocycles. The van der Waals surface area contributed by atoms with E-state index in [0.717, 1.165) is 23.3 Å². The average molecular weight is 233 g/mol. The summed E-state index contributed by atoms with van der Waals surface area (Å²) in [5.74, 6) is 0.723. The van der Waals surface area contributed by atoms with E-state index in [1.54, 1.807) is 6.26 Å². The summed E-state index contributed by atoms with van der Waals surface area (Å²) < 4.78 is 18.1. The molecule has 0 aliphatic rings. The molecule has 0 aliphatic carbocycles. The quantitative estimate of drug-likeness (QED) is 0.877. The van der Waals surface area contributed by atoms with Crippen molar-refractivity contribution in [3.8, 4) is 0 Å². The molecule has 1 unspecified atom stereocenters. The van der Waals surface area contributed by atoms with E-state index in [4.69, 9.17) is 4.42 Å². The van der Waals surface area contributed by atoms with Crippen molar-refractivity contribution in [1.29, 1.82) is 0 Å². The Morgan fingerprint density at radius 2 is 1.94 bits per heavy atom. The molecule has 0 fully saturated rings. The van der Waals surface area contributed by atoms with Crippen molar-refractivity contribution < 1.29 is 8.81 Å². The van der Waals surface area contributed by atoms with Crippen molar-refractivity contribution in [3.05, 3.63) is 59.3 Å². The lowest BCUT2D eigenvalue weighted by molar-refractivity contribution is 0.512. The highest BCUT2D eigenvalue weighted by Crippen LogP contribution is 2.22. The summed E-state index contributed by atoms with van der Waals surface area (Å²) in [4.78, 5) is 0. The Hall–Kier alpha value is -1.61. The minimum atomic E-state index is -0.200. The van der Waals surface area contributed by atoms with Crippen LogP contribution in [0.1, 0.15) is 22.9 Å². The largest absolute Gasteiger partial charge is 0.469 e. The Kier molecular flexibility index (Phi) is 3.59. The third kappa shape index (κ3) is 2.74. The zero-order chi connectivity index (χ0) is 12.3. The lowest BCUT2D eigenvalue weighted by Crippen LogP contribution is -2.19. The van der Waals surface area contributed by atoms with Gasteiger partial charge in [0.1, 0.15) is 11.6 Å². The molecule has 0 saturated heterocycles. The Balaban J connectivity index is 2.16. The van der Waals surface area contributed by atoms with E-state index in [2.05, 4.69) is 5.32 Å². The van der Waals surface area contributed by atoms with Crippen LogP contribution in [-0.4, -0.2) is 7.05 Å². The molecule has 0 bridgehead atoms. The van der Waals surface area contributed by atoms with Crippen LogP contribution < -0.4 is 5.32 Å². The highest BCUT2D eigenvalue weighted by atomic mass is 19.1. The maximum Gasteiger partial charge on any atom is 0.123 e. The third-order valence-corrected chi connectivity index (χ3v) is 2.98. The van der Waals surface area contributed by atoms with Gasteiger partial charge in [-0.2, -0.15) is 0 Å². The number of hydrogen-bond donors (Lipinski definition) is 1. The van der Waals surface area contributed by atoms with Crippen LogP contribution >= 0.6 is 0 Å². The molecule has 17 heavy (non-hydrogen) atoms. The van der Waals surface area contributed by atoms with Crippen LogP contribution in [0.5, 0.6) is 0 Å². The van der Waals surface area contributed by atoms with Gasteiger partial charge >= 0.3 is 0 Å². The van der Waals surface area contributed by atoms with Gasteiger partial charge in [0.05, 0.1) is 6.26 Å². The van der Waals surface area contributed by atoms with Gasteiger partial charge in [-0.1, -0.05) is 12.1 Å². The number of aryl methyl sites for hydroxylation is 1. The highest BCUT2D eigenvalue weighted by molar-refractivity contribution is 5.25. The number of halogens is 1. The minimum Gasteiger partial charge on any atom is -0.469 e. The molecule has 1 N–H and O–H groups in total. The molecular weight excluding hydrogens is 217 g/mol. The molecule has 0 spiro atoms. The van der Waals surface area contributed by atoms with E-state index in [1.165, 1.54) is 12.1 Å². The number of furan rings is 1. The van der Waals surface area contributed by atoms with E-state index in [1.807, 2.05) is 32.2 Å². The predicted octanol–water partition coefficient (Wildman–Crippen LogP) is 3.23. The average Bonchev–Trinajstić information content (AvgIpc) is 2.75. The summed E-state index contributed by atoms with van der Waals surface area (Å²) in [6.45, 7) is 1.95. The number of likely N-dealkylation sites (N-methyl/N-ethyl adjacent to an activating group) is 1. The van der Waals surface area contributed by atoms with Crippen molar-refractivity contribution >= 4 is 0 Å². The Labute approximate surface area is 100 Å². The summed E-state index contributed by atoms with van der Waals surface area (Å²) in [6.07, 6.45) is 2.51. The van der Waals surface area contributed by atoms with E-state index < -0.39 is 0 Å². The van der Waals surface area contributed by atoms with Crippen LogP contribution in [-0.2, 0) is 6.42 Å². The topological polar surface area (TPSA) is 25.2 Å². The first-order valence-corrected chi connectivity index (χ1v) is 5.66. The summed E-state index contributed by atoms with van der Waals surface area (Å²) in [6, 6.07) is 8.78. The summed E-state index contributed by atoms with van der Waals surface area (Å²) in [5.41, 5.74) is 2.25. The van der Waals surface area contributed by atoms with E-state index in [0.29, 0.717) is 0 Å². The fourth-order valence-electron chi connectivity index (χ4n) is 1.98. The molecule has 2 aromatic rings. The molecule has 2 nitrogen and oxygen atoms in total. The molecule has 90 valence electrons. The lowest BCUT2D eigenvalue weighted by atomic mass is 9.99. The fourth-order valence-corrected chi connectivity index (χ4v) is 1.98. The van der Waals surface area contributed by atoms with Gasteiger partial charge in [0, 0.05) is 11.6 Å². The molecular formula is C14H16FNO. The monoisotopic (exact) mass is 233 g/mol. The second kappa shape index (κ2) is 5.15. The van der Waals surface area contributed by atoms with E-state index in [9.17, 15) is 4.39 Å². The minimum absolute atomic E-state index is 0.194. The number of benzene rings is 1. The first kappa shape index (κ1) is 11.9. The van der Waals surface area contributed by atoms with Gasteiger partial charge in [0.15, 0.2) is 0 Å². The SMILES string of the molecule is CNC(Cc1ccc(F)cc1)c1ccoc1C. The van der Waals surface area contributed by atoms with Crippen LogP contribution in [0.15, 0.2) is 41.0 Å². The standard InChI is InChI=1S/C14H16FNO/c1-10-13(7-8-17-10)14(16-2)9-11-3-5-12(15)6-4-11/h3-8,14,16H,9H2,1-2H3. The molecule has 1 atom stereocenters. The van der Waals surface area contributed by atoms with Crippen LogP contribution in [0, 0.1) is 12.7 Å². The van der Waals surface area contributed by atoms with Crippen molar-refractivity contribution in [2.75, 3.05) is 7.05 Å². The van der Waals surface area contributed by atoms with Crippen LogP contribution in [0.4, 0.5) is 4.39 Å². The summed E-state index contributed by atoms with van der Waals surface area (Å²) in [5, 5.41) is 3.25. The van der Waals surface area contributed by atoms with Gasteiger partial charge in [-0.05, 0) is 44.2 Å². The maximum atomic E-state index is 12.8. The number of nitrogens with one attached hydrogen (secondary N) is 1. The second-order valence-corrected chi connectivity index (χ2v) is 4.10. The van der Waals surface area contributed by atoms with Crippen LogP contribution in [0.25, 0.3) is 0 Å². The highest BCUT2D eigenvalue weighted by Gasteiger charge is 2.14. The van der Waals surface area contributed by atoms with Crippen LogP contribution in [0.3, 0.4) is 0 Å². The van der Waals surface area contributed by atoms with Crippen molar-refractivity contribution in [2.24, 2.45) is 0 Å². The van der Waals surface area contributed by atoms with Crippen LogP contribution in [0.2, 0.25) is 0 Å². The first-order chi connectivity index (χ1) is 8.20. The smallest absolute Gasteiger partial charge is 0.123 e. The molecule has 0 radical (unpaired) electrons. The molecule has 1 aromatic carbocycles. The third-order valence-electron chi connectivity index (χ3n) is 2.98. The van der Waals surface area contributed by atoms with E-state index in [-0.39, 0.29) is 11.9 Å². The van der Waals surface area contributed by atoms with Crippen molar-refractivity contribution in [1.82, 2.24) is 5.32 Å². The Morgan fingerprint density at radius 1 is 1.24 bits per heavy atom. The normalized spacial score (nSPS) is 12.6. The maximum absolute atomic E-state index is 12.8. The number of rotatable bonds is 4. The Morgan fingerprint density at radius 3 is 2.47 bits per heavy atom. The van der Waals surface area contributed by atoms with E-state index >= 15 is 0 Å². The molecule has 1 heterocycles. The van der Waals surface area contributed by atoms with Gasteiger partial charge < -0.3 is 9.73 Å². The fraction of sp³-hybridized carbons (Fsp3) is 0.286. The Bertz CT molecular complexity index is 475. The molecule has 0 amide bonds. The molecule has 3 heteroatoms.